The molecule has 4 nitrogen and oxygen atoms in total. The molecule has 0 amide bonds. The third-order valence-electron chi connectivity index (χ3n) is 3.18. The molecule has 0 aliphatic heterocycles. The Hall–Kier alpha value is -2.20. The Balaban J connectivity index is 2.26. The van der Waals surface area contributed by atoms with E-state index in [0.717, 1.165) is 29.0 Å². The smallest absolute Gasteiger partial charge is 0.137 e. The minimum atomic E-state index is 0.606. The molecule has 0 bridgehead atoms. The Morgan fingerprint density at radius 1 is 1.26 bits per heavy atom. The van der Waals surface area contributed by atoms with Crippen LogP contribution >= 0.6 is 0 Å². The van der Waals surface area contributed by atoms with Gasteiger partial charge in [-0.05, 0) is 37.2 Å². The zero-order valence-corrected chi connectivity index (χ0v) is 10.9. The summed E-state index contributed by atoms with van der Waals surface area (Å²) in [7, 11) is 0. The van der Waals surface area contributed by atoms with Crippen LogP contribution in [-0.4, -0.2) is 20.9 Å². The molecule has 3 heterocycles. The van der Waals surface area contributed by atoms with Gasteiger partial charge in [0.25, 0.3) is 0 Å². The van der Waals surface area contributed by atoms with Crippen LogP contribution in [0.4, 0.5) is 0 Å². The minimum absolute atomic E-state index is 0.606. The molecule has 0 spiro atoms. The van der Waals surface area contributed by atoms with Crippen LogP contribution in [0.5, 0.6) is 0 Å². The Bertz CT molecular complexity index is 701. The predicted octanol–water partition coefficient (Wildman–Crippen LogP) is 2.21. The van der Waals surface area contributed by atoms with Crippen LogP contribution in [0.15, 0.2) is 42.9 Å². The van der Waals surface area contributed by atoms with E-state index in [4.69, 9.17) is 10.7 Å². The van der Waals surface area contributed by atoms with Gasteiger partial charge in [0.2, 0.25) is 0 Å². The van der Waals surface area contributed by atoms with E-state index in [-0.39, 0.29) is 0 Å². The van der Waals surface area contributed by atoms with Gasteiger partial charge in [-0.3, -0.25) is 4.98 Å². The molecule has 0 aliphatic carbocycles. The predicted molar refractivity (Wildman–Crippen MR) is 75.9 cm³/mol. The molecule has 2 N–H and O–H groups in total. The minimum Gasteiger partial charge on any atom is -0.330 e. The molecule has 3 aromatic rings. The molecule has 0 radical (unpaired) electrons. The first kappa shape index (κ1) is 11.9. The second-order valence-corrected chi connectivity index (χ2v) is 4.62. The number of hydrogen-bond donors (Lipinski definition) is 1. The normalized spacial score (nSPS) is 11.1. The van der Waals surface area contributed by atoms with Gasteiger partial charge < -0.3 is 10.1 Å². The van der Waals surface area contributed by atoms with Crippen molar-refractivity contribution in [1.29, 1.82) is 0 Å². The SMILES string of the molecule is Cc1ccc2nc(-c3cccnc3)c(CCN)n2c1. The highest BCUT2D eigenvalue weighted by Crippen LogP contribution is 2.24. The molecule has 0 unspecified atom stereocenters. The summed E-state index contributed by atoms with van der Waals surface area (Å²) in [5, 5.41) is 0. The average Bonchev–Trinajstić information content (AvgIpc) is 2.79. The summed E-state index contributed by atoms with van der Waals surface area (Å²) >= 11 is 0. The highest BCUT2D eigenvalue weighted by atomic mass is 15.0. The largest absolute Gasteiger partial charge is 0.330 e. The Kier molecular flexibility index (Phi) is 3.01. The maximum atomic E-state index is 5.74. The van der Waals surface area contributed by atoms with E-state index in [2.05, 4.69) is 28.6 Å². The van der Waals surface area contributed by atoms with Crippen LogP contribution in [0.1, 0.15) is 11.3 Å². The zero-order valence-electron chi connectivity index (χ0n) is 10.9. The molecule has 0 fully saturated rings. The van der Waals surface area contributed by atoms with E-state index in [9.17, 15) is 0 Å². The number of nitrogens with two attached hydrogens (primary N) is 1. The fraction of sp³-hybridized carbons (Fsp3) is 0.200. The lowest BCUT2D eigenvalue weighted by atomic mass is 10.1. The van der Waals surface area contributed by atoms with Gasteiger partial charge in [0.1, 0.15) is 5.65 Å². The topological polar surface area (TPSA) is 56.2 Å². The Morgan fingerprint density at radius 2 is 2.16 bits per heavy atom. The van der Waals surface area contributed by atoms with Crippen molar-refractivity contribution in [2.45, 2.75) is 13.3 Å². The molecule has 19 heavy (non-hydrogen) atoms. The molecule has 0 aromatic carbocycles. The summed E-state index contributed by atoms with van der Waals surface area (Å²) in [6.07, 6.45) is 6.52. The Labute approximate surface area is 111 Å². The molecule has 0 saturated heterocycles. The van der Waals surface area contributed by atoms with E-state index in [0.29, 0.717) is 6.54 Å². The lowest BCUT2D eigenvalue weighted by Gasteiger charge is -2.04. The lowest BCUT2D eigenvalue weighted by molar-refractivity contribution is 0.904. The number of aryl methyl sites for hydroxylation is 1. The monoisotopic (exact) mass is 252 g/mol. The number of aromatic nitrogens is 3. The summed E-state index contributed by atoms with van der Waals surface area (Å²) in [6, 6.07) is 8.06. The number of imidazole rings is 1. The van der Waals surface area contributed by atoms with Gasteiger partial charge in [0, 0.05) is 30.6 Å². The van der Waals surface area contributed by atoms with Crippen LogP contribution in [0.2, 0.25) is 0 Å². The maximum Gasteiger partial charge on any atom is 0.137 e. The fourth-order valence-electron chi connectivity index (χ4n) is 2.31. The van der Waals surface area contributed by atoms with Gasteiger partial charge in [-0.1, -0.05) is 6.07 Å². The summed E-state index contributed by atoms with van der Waals surface area (Å²) in [4.78, 5) is 8.88. The summed E-state index contributed by atoms with van der Waals surface area (Å²) in [5.74, 6) is 0. The number of nitrogens with zero attached hydrogens (tertiary/aromatic N) is 3. The first-order valence-corrected chi connectivity index (χ1v) is 6.37. The molecule has 0 saturated carbocycles. The summed E-state index contributed by atoms with van der Waals surface area (Å²) in [5.41, 5.74) is 11.1. The molecule has 96 valence electrons. The van der Waals surface area contributed by atoms with Crippen molar-refractivity contribution in [1.82, 2.24) is 14.4 Å². The van der Waals surface area contributed by atoms with Crippen LogP contribution in [0, 0.1) is 6.92 Å². The highest BCUT2D eigenvalue weighted by Gasteiger charge is 2.13. The van der Waals surface area contributed by atoms with E-state index < -0.39 is 0 Å². The van der Waals surface area contributed by atoms with E-state index in [1.807, 2.05) is 24.4 Å². The summed E-state index contributed by atoms with van der Waals surface area (Å²) < 4.78 is 2.13. The van der Waals surface area contributed by atoms with Crippen molar-refractivity contribution in [2.24, 2.45) is 5.73 Å². The molecule has 4 heteroatoms. The molecular formula is C15H16N4. The van der Waals surface area contributed by atoms with Gasteiger partial charge in [0.05, 0.1) is 11.4 Å². The second-order valence-electron chi connectivity index (χ2n) is 4.62. The average molecular weight is 252 g/mol. The van der Waals surface area contributed by atoms with Crippen LogP contribution < -0.4 is 5.73 Å². The van der Waals surface area contributed by atoms with Gasteiger partial charge in [-0.15, -0.1) is 0 Å². The molecule has 0 aliphatic rings. The quantitative estimate of drug-likeness (QED) is 0.777. The molecule has 3 aromatic heterocycles. The van der Waals surface area contributed by atoms with Crippen LogP contribution in [-0.2, 0) is 6.42 Å². The van der Waals surface area contributed by atoms with Crippen molar-refractivity contribution >= 4 is 5.65 Å². The maximum absolute atomic E-state index is 5.74. The van der Waals surface area contributed by atoms with Crippen molar-refractivity contribution < 1.29 is 0 Å². The fourth-order valence-corrected chi connectivity index (χ4v) is 2.31. The third-order valence-corrected chi connectivity index (χ3v) is 3.18. The number of fused-ring (bicyclic) bond motifs is 1. The third kappa shape index (κ3) is 2.11. The molecule has 3 rings (SSSR count). The van der Waals surface area contributed by atoms with Crippen molar-refractivity contribution in [2.75, 3.05) is 6.54 Å². The van der Waals surface area contributed by atoms with Crippen molar-refractivity contribution in [3.05, 3.63) is 54.1 Å². The zero-order chi connectivity index (χ0) is 13.2. The first-order valence-electron chi connectivity index (χ1n) is 6.37. The number of hydrogen-bond acceptors (Lipinski definition) is 3. The van der Waals surface area contributed by atoms with Gasteiger partial charge in [-0.2, -0.15) is 0 Å². The first-order chi connectivity index (χ1) is 9.29. The van der Waals surface area contributed by atoms with Crippen molar-refractivity contribution in [3.63, 3.8) is 0 Å². The number of pyridine rings is 2. The van der Waals surface area contributed by atoms with Gasteiger partial charge >= 0.3 is 0 Å². The van der Waals surface area contributed by atoms with E-state index in [1.54, 1.807) is 6.20 Å². The standard InChI is InChI=1S/C15H16N4/c1-11-4-5-14-18-15(12-3-2-8-17-9-12)13(6-7-16)19(14)10-11/h2-5,8-10H,6-7,16H2,1H3. The van der Waals surface area contributed by atoms with Crippen LogP contribution in [0.25, 0.3) is 16.9 Å². The number of rotatable bonds is 3. The van der Waals surface area contributed by atoms with Gasteiger partial charge in [0.15, 0.2) is 0 Å². The second kappa shape index (κ2) is 4.82. The summed E-state index contributed by atoms with van der Waals surface area (Å²) in [6.45, 7) is 2.68. The van der Waals surface area contributed by atoms with E-state index >= 15 is 0 Å². The van der Waals surface area contributed by atoms with Crippen LogP contribution in [0.3, 0.4) is 0 Å². The van der Waals surface area contributed by atoms with Crippen molar-refractivity contribution in [3.8, 4) is 11.3 Å². The van der Waals surface area contributed by atoms with Gasteiger partial charge in [-0.25, -0.2) is 4.98 Å². The Morgan fingerprint density at radius 3 is 2.89 bits per heavy atom. The molecular weight excluding hydrogens is 236 g/mol. The lowest BCUT2D eigenvalue weighted by Crippen LogP contribution is -2.06. The van der Waals surface area contributed by atoms with E-state index in [1.165, 1.54) is 5.56 Å². The highest BCUT2D eigenvalue weighted by molar-refractivity contribution is 5.66. The molecule has 0 atom stereocenters.